The molecule has 4 saturated heterocycles. The Bertz CT molecular complexity index is 2170. The maximum Gasteiger partial charge on any atom is 0.405 e. The molecule has 18 nitrogen and oxygen atoms in total. The highest BCUT2D eigenvalue weighted by Crippen LogP contribution is 2.51. The van der Waals surface area contributed by atoms with Gasteiger partial charge in [-0.1, -0.05) is 0 Å². The van der Waals surface area contributed by atoms with E-state index in [0.717, 1.165) is 69.1 Å². The quantitative estimate of drug-likeness (QED) is 0.118. The van der Waals surface area contributed by atoms with Crippen LogP contribution in [0.4, 0.5) is 9.59 Å². The highest BCUT2D eigenvalue weighted by molar-refractivity contribution is 5.89. The molecule has 62 heavy (non-hydrogen) atoms. The molecule has 0 saturated carbocycles. The maximum absolute atomic E-state index is 13.9. The molecule has 0 aliphatic carbocycles. The van der Waals surface area contributed by atoms with Crippen molar-refractivity contribution < 1.29 is 48.3 Å². The van der Waals surface area contributed by atoms with Gasteiger partial charge in [0.15, 0.2) is 0 Å². The molecule has 8 heterocycles. The van der Waals surface area contributed by atoms with E-state index in [0.29, 0.717) is 103 Å². The first-order chi connectivity index (χ1) is 30.2. The van der Waals surface area contributed by atoms with Gasteiger partial charge in [0.25, 0.3) is 0 Å². The van der Waals surface area contributed by atoms with Crippen LogP contribution in [0.2, 0.25) is 0 Å². The average Bonchev–Trinajstić information content (AvgIpc) is 4.14. The molecule has 0 spiro atoms. The number of likely N-dealkylation sites (tertiary alicyclic amines) is 2. The third kappa shape index (κ3) is 7.48. The zero-order valence-corrected chi connectivity index (χ0v) is 34.2. The Kier molecular flexibility index (Phi) is 10.7. The number of carboxylic acid groups (broad SMARTS) is 2. The van der Waals surface area contributed by atoms with Gasteiger partial charge >= 0.3 is 12.2 Å². The Labute approximate surface area is 356 Å². The van der Waals surface area contributed by atoms with Crippen LogP contribution in [0.15, 0.2) is 36.7 Å². The van der Waals surface area contributed by atoms with Crippen molar-refractivity contribution in [2.75, 3.05) is 39.5 Å². The van der Waals surface area contributed by atoms with Crippen LogP contribution in [-0.2, 0) is 32.3 Å². The minimum Gasteiger partial charge on any atom is -0.488 e. The molecule has 18 heteroatoms. The van der Waals surface area contributed by atoms with Gasteiger partial charge in [0.1, 0.15) is 48.4 Å². The number of nitrogens with one attached hydrogen (secondary N) is 4. The molecule has 0 bridgehead atoms. The number of aromatic nitrogens is 4. The lowest BCUT2D eigenvalue weighted by molar-refractivity contribution is -0.137. The number of imidazole rings is 2. The van der Waals surface area contributed by atoms with Crippen LogP contribution < -0.4 is 20.1 Å². The van der Waals surface area contributed by atoms with Crippen molar-refractivity contribution in [3.63, 3.8) is 0 Å². The first kappa shape index (κ1) is 40.0. The number of carbonyl (C=O) groups excluding carboxylic acids is 2. The maximum atomic E-state index is 13.9. The van der Waals surface area contributed by atoms with Gasteiger partial charge in [-0.15, -0.1) is 0 Å². The molecule has 6 aliphatic rings. The predicted molar refractivity (Wildman–Crippen MR) is 220 cm³/mol. The average molecular weight is 851 g/mol. The summed E-state index contributed by atoms with van der Waals surface area (Å²) in [6, 6.07) is 5.86. The Balaban J connectivity index is 0.869. The highest BCUT2D eigenvalue weighted by Gasteiger charge is 2.42. The zero-order chi connectivity index (χ0) is 42.5. The van der Waals surface area contributed by atoms with Gasteiger partial charge in [-0.2, -0.15) is 0 Å². The van der Waals surface area contributed by atoms with E-state index in [-0.39, 0.29) is 35.7 Å². The third-order valence-corrected chi connectivity index (χ3v) is 13.5. The van der Waals surface area contributed by atoms with Crippen LogP contribution in [0.5, 0.6) is 11.5 Å². The Morgan fingerprint density at radius 1 is 0.629 bits per heavy atom. The van der Waals surface area contributed by atoms with Gasteiger partial charge in [-0.25, -0.2) is 19.6 Å². The number of ether oxygens (including phenoxy) is 4. The fourth-order valence-electron chi connectivity index (χ4n) is 10.4. The summed E-state index contributed by atoms with van der Waals surface area (Å²) in [6.45, 7) is 3.67. The number of hydrogen-bond acceptors (Lipinski definition) is 10. The molecule has 2 aromatic carbocycles. The standard InChI is InChI=1S/C44H50N8O10/c53-41(37(49-43(55)56)23-5-11-59-12-6-23)51-9-1-3-31(51)39-45-19-29(47-39)25-15-27-21-62-34-18-26(16-28-22-61-33(17-25)35(27)36(28)34)30-20-46-40(48-30)32-4-2-10-52(32)42(54)38(50-44(57)58)24-7-13-60-14-8-24/h15-20,23-24,31-32,37-38,49-50H,1-14,21-22H2,(H,45,47)(H,46,48)(H,55,56)(H,57,58)/t31-,32-,37-,38-/m0/s1. The van der Waals surface area contributed by atoms with E-state index >= 15 is 0 Å². The lowest BCUT2D eigenvalue weighted by Gasteiger charge is -2.33. The summed E-state index contributed by atoms with van der Waals surface area (Å²) in [6.07, 6.45) is 6.56. The number of aromatic amines is 2. The molecule has 0 unspecified atom stereocenters. The van der Waals surface area contributed by atoms with Crippen molar-refractivity contribution in [2.45, 2.75) is 88.7 Å². The van der Waals surface area contributed by atoms with Gasteiger partial charge in [-0.3, -0.25) is 9.59 Å². The first-order valence-electron chi connectivity index (χ1n) is 21.7. The molecule has 6 N–H and O–H groups in total. The van der Waals surface area contributed by atoms with Gasteiger partial charge in [0, 0.05) is 72.9 Å². The van der Waals surface area contributed by atoms with Crippen molar-refractivity contribution in [1.29, 1.82) is 0 Å². The topological polar surface area (TPSA) is 234 Å². The molecule has 4 fully saturated rings. The lowest BCUT2D eigenvalue weighted by atomic mass is 9.87. The largest absolute Gasteiger partial charge is 0.488 e. The van der Waals surface area contributed by atoms with E-state index in [9.17, 15) is 29.4 Å². The van der Waals surface area contributed by atoms with E-state index < -0.39 is 24.3 Å². The summed E-state index contributed by atoms with van der Waals surface area (Å²) in [5.41, 5.74) is 7.20. The Hall–Kier alpha value is -6.14. The van der Waals surface area contributed by atoms with Crippen LogP contribution in [-0.4, -0.2) is 116 Å². The molecular weight excluding hydrogens is 801 g/mol. The third-order valence-electron chi connectivity index (χ3n) is 13.5. The van der Waals surface area contributed by atoms with Gasteiger partial charge in [-0.05, 0) is 87.5 Å². The van der Waals surface area contributed by atoms with Crippen molar-refractivity contribution in [3.8, 4) is 45.1 Å². The summed E-state index contributed by atoms with van der Waals surface area (Å²) >= 11 is 0. The Morgan fingerprint density at radius 2 is 1.05 bits per heavy atom. The highest BCUT2D eigenvalue weighted by atomic mass is 16.5. The van der Waals surface area contributed by atoms with E-state index in [2.05, 4.69) is 32.7 Å². The fraction of sp³-hybridized carbons (Fsp3) is 0.500. The molecule has 2 aromatic heterocycles. The van der Waals surface area contributed by atoms with Gasteiger partial charge in [0.05, 0.1) is 35.9 Å². The normalized spacial score (nSPS) is 22.0. The zero-order valence-electron chi connectivity index (χ0n) is 34.2. The molecule has 4 atom stereocenters. The SMILES string of the molecule is O=C(O)N[C@H](C(=O)N1CCC[C@H]1c1ncc(-c2cc3c4c(c2)OCc2cc(-c5cnc([C@@H]6CCCN6C(=O)[C@@H](NC(=O)O)C6CCOCC6)[nH]5)cc(c2-4)OC3)[nH]1)C1CCOCC1. The van der Waals surface area contributed by atoms with E-state index in [1.807, 2.05) is 12.1 Å². The number of hydrogen-bond donors (Lipinski definition) is 6. The lowest BCUT2D eigenvalue weighted by Crippen LogP contribution is -2.52. The molecule has 10 rings (SSSR count). The van der Waals surface area contributed by atoms with E-state index in [4.69, 9.17) is 28.9 Å². The number of amides is 4. The molecular formula is C44H50N8O10. The Morgan fingerprint density at radius 3 is 1.45 bits per heavy atom. The summed E-state index contributed by atoms with van der Waals surface area (Å²) in [5.74, 6) is 2.05. The second-order valence-corrected chi connectivity index (χ2v) is 17.1. The second-order valence-electron chi connectivity index (χ2n) is 17.1. The van der Waals surface area contributed by atoms with Crippen LogP contribution in [0, 0.1) is 11.8 Å². The van der Waals surface area contributed by atoms with Crippen LogP contribution in [0.1, 0.15) is 86.2 Å². The summed E-state index contributed by atoms with van der Waals surface area (Å²) in [4.78, 5) is 71.3. The van der Waals surface area contributed by atoms with Crippen LogP contribution in [0.3, 0.4) is 0 Å². The van der Waals surface area contributed by atoms with Crippen molar-refractivity contribution >= 4 is 24.0 Å². The number of carbonyl (C=O) groups is 4. The van der Waals surface area contributed by atoms with Crippen molar-refractivity contribution in [2.24, 2.45) is 11.8 Å². The molecule has 4 aromatic rings. The number of nitrogens with zero attached hydrogens (tertiary/aromatic N) is 4. The summed E-state index contributed by atoms with van der Waals surface area (Å²) in [5, 5.41) is 24.2. The fourth-order valence-corrected chi connectivity index (χ4v) is 10.4. The van der Waals surface area contributed by atoms with Crippen LogP contribution in [0.25, 0.3) is 33.6 Å². The van der Waals surface area contributed by atoms with Gasteiger partial charge < -0.3 is 59.6 Å². The minimum atomic E-state index is -1.22. The molecule has 0 radical (unpaired) electrons. The van der Waals surface area contributed by atoms with Crippen LogP contribution >= 0.6 is 0 Å². The molecule has 4 amide bonds. The number of H-pyrrole nitrogens is 2. The summed E-state index contributed by atoms with van der Waals surface area (Å²) < 4.78 is 23.8. The number of rotatable bonds is 10. The van der Waals surface area contributed by atoms with E-state index in [1.165, 1.54) is 0 Å². The monoisotopic (exact) mass is 850 g/mol. The second kappa shape index (κ2) is 16.6. The smallest absolute Gasteiger partial charge is 0.405 e. The first-order valence-corrected chi connectivity index (χ1v) is 21.7. The van der Waals surface area contributed by atoms with E-state index in [1.54, 1.807) is 22.2 Å². The molecule has 326 valence electrons. The van der Waals surface area contributed by atoms with Crippen molar-refractivity contribution in [3.05, 3.63) is 59.4 Å². The number of benzene rings is 2. The predicted octanol–water partition coefficient (Wildman–Crippen LogP) is 5.37. The van der Waals surface area contributed by atoms with Crippen molar-refractivity contribution in [1.82, 2.24) is 40.4 Å². The summed E-state index contributed by atoms with van der Waals surface area (Å²) in [7, 11) is 0. The van der Waals surface area contributed by atoms with Gasteiger partial charge in [0.2, 0.25) is 11.8 Å². The minimum absolute atomic E-state index is 0.134. The molecule has 6 aliphatic heterocycles.